The van der Waals surface area contributed by atoms with Gasteiger partial charge in [-0.25, -0.2) is 4.39 Å². The lowest BCUT2D eigenvalue weighted by Gasteiger charge is -2.18. The molecule has 0 saturated carbocycles. The molecule has 108 valence electrons. The summed E-state index contributed by atoms with van der Waals surface area (Å²) in [5, 5.41) is 0.521. The van der Waals surface area contributed by atoms with E-state index in [4.69, 9.17) is 17.3 Å². The molecule has 1 heterocycles. The average Bonchev–Trinajstić information content (AvgIpc) is 2.68. The van der Waals surface area contributed by atoms with Crippen LogP contribution < -0.4 is 10.6 Å². The third-order valence-corrected chi connectivity index (χ3v) is 4.21. The summed E-state index contributed by atoms with van der Waals surface area (Å²) in [5.74, 6) is -0.617. The molecule has 2 aromatic rings. The molecule has 2 N–H and O–H groups in total. The number of halogens is 3. The molecule has 1 aliphatic heterocycles. The number of hydrogen-bond donors (Lipinski definition) is 1. The first-order valence-electron chi connectivity index (χ1n) is 6.27. The van der Waals surface area contributed by atoms with Crippen molar-refractivity contribution in [3.63, 3.8) is 0 Å². The first-order valence-corrected chi connectivity index (χ1v) is 7.45. The molecule has 0 saturated heterocycles. The van der Waals surface area contributed by atoms with Crippen molar-refractivity contribution >= 4 is 39.1 Å². The molecular formula is C15H11BrClFN2O. The van der Waals surface area contributed by atoms with Crippen molar-refractivity contribution in [3.05, 3.63) is 62.8 Å². The standard InChI is InChI=1S/C15H11BrClFN2O/c16-9-1-3-12(18)8(5-9)7-20-13-4-2-10(17)6-11(13)14(19)15(20)21/h1-6,14H,7,19H2. The van der Waals surface area contributed by atoms with Crippen molar-refractivity contribution in [2.75, 3.05) is 4.90 Å². The number of amides is 1. The first kappa shape index (κ1) is 14.5. The minimum absolute atomic E-state index is 0.131. The molecule has 0 radical (unpaired) electrons. The molecule has 1 amide bonds. The zero-order valence-corrected chi connectivity index (χ0v) is 13.2. The molecule has 3 nitrogen and oxygen atoms in total. The van der Waals surface area contributed by atoms with E-state index in [9.17, 15) is 9.18 Å². The van der Waals surface area contributed by atoms with Crippen LogP contribution in [0.4, 0.5) is 10.1 Å². The van der Waals surface area contributed by atoms with Crippen LogP contribution >= 0.6 is 27.5 Å². The van der Waals surface area contributed by atoms with E-state index in [0.717, 1.165) is 4.47 Å². The Kier molecular flexibility index (Phi) is 3.73. The van der Waals surface area contributed by atoms with E-state index in [1.54, 1.807) is 30.3 Å². The van der Waals surface area contributed by atoms with E-state index in [0.29, 0.717) is 21.8 Å². The topological polar surface area (TPSA) is 46.3 Å². The summed E-state index contributed by atoms with van der Waals surface area (Å²) in [7, 11) is 0. The number of fused-ring (bicyclic) bond motifs is 1. The van der Waals surface area contributed by atoms with Crippen LogP contribution in [0.1, 0.15) is 17.2 Å². The third kappa shape index (κ3) is 2.57. The van der Waals surface area contributed by atoms with Crippen LogP contribution in [0.2, 0.25) is 5.02 Å². The van der Waals surface area contributed by atoms with Crippen LogP contribution in [0.3, 0.4) is 0 Å². The molecule has 21 heavy (non-hydrogen) atoms. The number of carbonyl (C=O) groups is 1. The third-order valence-electron chi connectivity index (χ3n) is 3.48. The fourth-order valence-electron chi connectivity index (χ4n) is 2.44. The van der Waals surface area contributed by atoms with Gasteiger partial charge in [-0.05, 0) is 36.4 Å². The summed E-state index contributed by atoms with van der Waals surface area (Å²) >= 11 is 9.24. The summed E-state index contributed by atoms with van der Waals surface area (Å²) in [6, 6.07) is 8.98. The maximum absolute atomic E-state index is 13.9. The van der Waals surface area contributed by atoms with Gasteiger partial charge in [0.05, 0.1) is 6.54 Å². The van der Waals surface area contributed by atoms with Gasteiger partial charge in [0.2, 0.25) is 5.91 Å². The Morgan fingerprint density at radius 3 is 2.81 bits per heavy atom. The molecule has 1 unspecified atom stereocenters. The number of carbonyl (C=O) groups excluding carboxylic acids is 1. The van der Waals surface area contributed by atoms with Crippen molar-refractivity contribution in [2.45, 2.75) is 12.6 Å². The molecule has 0 spiro atoms. The molecule has 0 aromatic heterocycles. The van der Waals surface area contributed by atoms with E-state index in [2.05, 4.69) is 15.9 Å². The quantitative estimate of drug-likeness (QED) is 0.875. The second-order valence-corrected chi connectivity index (χ2v) is 6.19. The van der Waals surface area contributed by atoms with Crippen LogP contribution in [-0.4, -0.2) is 5.91 Å². The number of nitrogens with zero attached hydrogens (tertiary/aromatic N) is 1. The van der Waals surface area contributed by atoms with E-state index in [1.807, 2.05) is 0 Å². The SMILES string of the molecule is NC1C(=O)N(Cc2cc(Br)ccc2F)c2ccc(Cl)cc21. The van der Waals surface area contributed by atoms with Gasteiger partial charge >= 0.3 is 0 Å². The number of nitrogens with two attached hydrogens (primary N) is 1. The molecule has 1 atom stereocenters. The highest BCUT2D eigenvalue weighted by Crippen LogP contribution is 2.37. The van der Waals surface area contributed by atoms with Gasteiger partial charge in [-0.3, -0.25) is 4.79 Å². The maximum Gasteiger partial charge on any atom is 0.248 e. The molecule has 6 heteroatoms. The zero-order chi connectivity index (χ0) is 15.1. The largest absolute Gasteiger partial charge is 0.316 e. The zero-order valence-electron chi connectivity index (χ0n) is 10.8. The minimum Gasteiger partial charge on any atom is -0.316 e. The van der Waals surface area contributed by atoms with Gasteiger partial charge in [-0.15, -0.1) is 0 Å². The minimum atomic E-state index is -0.756. The molecule has 0 fully saturated rings. The maximum atomic E-state index is 13.9. The lowest BCUT2D eigenvalue weighted by Crippen LogP contribution is -2.31. The predicted molar refractivity (Wildman–Crippen MR) is 83.7 cm³/mol. The summed E-state index contributed by atoms with van der Waals surface area (Å²) < 4.78 is 14.6. The number of rotatable bonds is 2. The van der Waals surface area contributed by atoms with Crippen molar-refractivity contribution in [3.8, 4) is 0 Å². The fourth-order valence-corrected chi connectivity index (χ4v) is 3.03. The smallest absolute Gasteiger partial charge is 0.248 e. The van der Waals surface area contributed by atoms with Crippen LogP contribution in [-0.2, 0) is 11.3 Å². The van der Waals surface area contributed by atoms with Gasteiger partial charge in [0, 0.05) is 26.3 Å². The normalized spacial score (nSPS) is 17.2. The molecule has 1 aliphatic rings. The van der Waals surface area contributed by atoms with Crippen molar-refractivity contribution in [1.82, 2.24) is 0 Å². The van der Waals surface area contributed by atoms with Crippen LogP contribution in [0, 0.1) is 5.82 Å². The summed E-state index contributed by atoms with van der Waals surface area (Å²) in [4.78, 5) is 13.8. The number of anilines is 1. The second-order valence-electron chi connectivity index (χ2n) is 4.84. The molecule has 2 aromatic carbocycles. The van der Waals surface area contributed by atoms with Gasteiger partial charge in [0.15, 0.2) is 0 Å². The van der Waals surface area contributed by atoms with Crippen LogP contribution in [0.5, 0.6) is 0 Å². The van der Waals surface area contributed by atoms with Gasteiger partial charge in [0.1, 0.15) is 11.9 Å². The van der Waals surface area contributed by atoms with E-state index < -0.39 is 6.04 Å². The lowest BCUT2D eigenvalue weighted by molar-refractivity contribution is -0.119. The van der Waals surface area contributed by atoms with E-state index in [-0.39, 0.29) is 18.3 Å². The van der Waals surface area contributed by atoms with Gasteiger partial charge in [-0.1, -0.05) is 27.5 Å². The Morgan fingerprint density at radius 2 is 2.05 bits per heavy atom. The van der Waals surface area contributed by atoms with E-state index >= 15 is 0 Å². The summed E-state index contributed by atoms with van der Waals surface area (Å²) in [6.45, 7) is 0.131. The second kappa shape index (κ2) is 5.40. The Hall–Kier alpha value is -1.43. The Morgan fingerprint density at radius 1 is 1.29 bits per heavy atom. The molecule has 0 aliphatic carbocycles. The highest BCUT2D eigenvalue weighted by molar-refractivity contribution is 9.10. The summed E-state index contributed by atoms with van der Waals surface area (Å²) in [6.07, 6.45) is 0. The molecular weight excluding hydrogens is 359 g/mol. The monoisotopic (exact) mass is 368 g/mol. The number of benzene rings is 2. The molecule has 0 bridgehead atoms. The van der Waals surface area contributed by atoms with Crippen molar-refractivity contribution in [2.24, 2.45) is 5.73 Å². The van der Waals surface area contributed by atoms with Crippen LogP contribution in [0.25, 0.3) is 0 Å². The van der Waals surface area contributed by atoms with Gasteiger partial charge in [-0.2, -0.15) is 0 Å². The van der Waals surface area contributed by atoms with E-state index in [1.165, 1.54) is 11.0 Å². The van der Waals surface area contributed by atoms with Crippen molar-refractivity contribution < 1.29 is 9.18 Å². The summed E-state index contributed by atoms with van der Waals surface area (Å²) in [5.41, 5.74) is 7.69. The highest BCUT2D eigenvalue weighted by atomic mass is 79.9. The Balaban J connectivity index is 2.00. The average molecular weight is 370 g/mol. The lowest BCUT2D eigenvalue weighted by atomic mass is 10.1. The Bertz CT molecular complexity index is 738. The van der Waals surface area contributed by atoms with Gasteiger partial charge in [0.25, 0.3) is 0 Å². The first-order chi connectivity index (χ1) is 9.97. The van der Waals surface area contributed by atoms with Crippen LogP contribution in [0.15, 0.2) is 40.9 Å². The highest BCUT2D eigenvalue weighted by Gasteiger charge is 2.35. The predicted octanol–water partition coefficient (Wildman–Crippen LogP) is 3.79. The number of hydrogen-bond acceptors (Lipinski definition) is 2. The Labute approximate surface area is 134 Å². The fraction of sp³-hybridized carbons (Fsp3) is 0.133. The van der Waals surface area contributed by atoms with Gasteiger partial charge < -0.3 is 10.6 Å². The van der Waals surface area contributed by atoms with Crippen molar-refractivity contribution in [1.29, 1.82) is 0 Å². The molecule has 3 rings (SSSR count).